The molecule has 0 fully saturated rings. The van der Waals surface area contributed by atoms with Gasteiger partial charge in [0.1, 0.15) is 6.61 Å². The zero-order chi connectivity index (χ0) is 29.9. The normalized spacial score (nSPS) is 20.3. The number of ketones is 2. The lowest BCUT2D eigenvalue weighted by molar-refractivity contribution is -0.119. The van der Waals surface area contributed by atoms with E-state index in [1.54, 1.807) is 12.1 Å². The van der Waals surface area contributed by atoms with Crippen LogP contribution in [-0.2, 0) is 16.2 Å². The molecule has 0 radical (unpaired) electrons. The summed E-state index contributed by atoms with van der Waals surface area (Å²) in [4.78, 5) is 29.9. The highest BCUT2D eigenvalue weighted by atomic mass is 127. The maximum absolute atomic E-state index is 13.9. The van der Waals surface area contributed by atoms with Crippen LogP contribution in [0.3, 0.4) is 0 Å². The smallest absolute Gasteiger partial charge is 0.174 e. The summed E-state index contributed by atoms with van der Waals surface area (Å²) in [5, 5.41) is 0.963. The highest BCUT2D eigenvalue weighted by molar-refractivity contribution is 14.1. The van der Waals surface area contributed by atoms with E-state index in [0.717, 1.165) is 50.1 Å². The van der Waals surface area contributed by atoms with Crippen molar-refractivity contribution in [2.45, 2.75) is 72.8 Å². The van der Waals surface area contributed by atoms with E-state index in [1.165, 1.54) is 0 Å². The van der Waals surface area contributed by atoms with Crippen LogP contribution < -0.4 is 9.47 Å². The number of carbonyl (C=O) groups is 2. The molecule has 41 heavy (non-hydrogen) atoms. The quantitative estimate of drug-likeness (QED) is 0.281. The van der Waals surface area contributed by atoms with Gasteiger partial charge in [-0.1, -0.05) is 57.0 Å². The van der Waals surface area contributed by atoms with Gasteiger partial charge in [0.2, 0.25) is 0 Å². The first-order chi connectivity index (χ1) is 19.2. The van der Waals surface area contributed by atoms with Gasteiger partial charge in [-0.3, -0.25) is 9.59 Å². The van der Waals surface area contributed by atoms with E-state index in [9.17, 15) is 9.59 Å². The summed E-state index contributed by atoms with van der Waals surface area (Å²) in [6.45, 7) is 11.2. The Balaban J connectivity index is 1.63. The minimum atomic E-state index is -0.430. The maximum Gasteiger partial charge on any atom is 0.174 e. The van der Waals surface area contributed by atoms with Crippen molar-refractivity contribution >= 4 is 57.4 Å². The summed E-state index contributed by atoms with van der Waals surface area (Å²) in [6, 6.07) is 9.42. The van der Waals surface area contributed by atoms with Crippen LogP contribution in [-0.4, -0.2) is 30.1 Å². The fourth-order valence-electron chi connectivity index (χ4n) is 6.44. The van der Waals surface area contributed by atoms with Crippen molar-refractivity contribution in [2.24, 2.45) is 10.8 Å². The summed E-state index contributed by atoms with van der Waals surface area (Å²) < 4.78 is 13.2. The van der Waals surface area contributed by atoms with E-state index in [4.69, 9.17) is 32.7 Å². The first kappa shape index (κ1) is 30.4. The van der Waals surface area contributed by atoms with Crippen molar-refractivity contribution in [2.75, 3.05) is 13.7 Å². The third-order valence-corrected chi connectivity index (χ3v) is 9.75. The lowest BCUT2D eigenvalue weighted by Crippen LogP contribution is -2.43. The third kappa shape index (κ3) is 5.94. The molecule has 0 spiro atoms. The number of nitrogens with zero attached hydrogens (tertiary/aromatic N) is 1. The van der Waals surface area contributed by atoms with Crippen LogP contribution in [0.15, 0.2) is 52.9 Å². The predicted molar refractivity (Wildman–Crippen MR) is 172 cm³/mol. The van der Waals surface area contributed by atoms with Gasteiger partial charge in [-0.2, -0.15) is 0 Å². The molecule has 2 aliphatic carbocycles. The molecule has 0 saturated heterocycles. The monoisotopic (exact) mass is 707 g/mol. The molecular formula is C33H36Cl2INO4. The molecule has 5 rings (SSSR count). The van der Waals surface area contributed by atoms with Crippen LogP contribution >= 0.6 is 45.8 Å². The number of Topliss-reactive ketones (excluding diaryl/α,β-unsaturated/α-hetero) is 2. The second-order valence-corrected chi connectivity index (χ2v) is 14.9. The Morgan fingerprint density at radius 2 is 1.46 bits per heavy atom. The molecule has 5 nitrogen and oxygen atoms in total. The molecule has 0 amide bonds. The SMILES string of the molecule is CCOc1cc(C2C3=C(CC(C)(C)CC3=O)N(C)C3=C2C(=O)CC(C)(C)C3)cc(I)c1OCc1ccc(Cl)c(Cl)c1. The van der Waals surface area contributed by atoms with E-state index in [1.807, 2.05) is 32.2 Å². The average Bonchev–Trinajstić information content (AvgIpc) is 2.85. The number of benzene rings is 2. The van der Waals surface area contributed by atoms with Crippen LogP contribution in [0.2, 0.25) is 10.0 Å². The van der Waals surface area contributed by atoms with Gasteiger partial charge in [-0.25, -0.2) is 0 Å². The minimum absolute atomic E-state index is 0.116. The molecule has 2 aromatic rings. The molecule has 0 atom stereocenters. The Labute approximate surface area is 266 Å². The summed E-state index contributed by atoms with van der Waals surface area (Å²) in [5.41, 5.74) is 5.05. The molecule has 0 aromatic heterocycles. The Morgan fingerprint density at radius 3 is 2.00 bits per heavy atom. The summed E-state index contributed by atoms with van der Waals surface area (Å²) in [7, 11) is 2.03. The van der Waals surface area contributed by atoms with Gasteiger partial charge < -0.3 is 14.4 Å². The molecule has 2 aromatic carbocycles. The largest absolute Gasteiger partial charge is 0.490 e. The summed E-state index contributed by atoms with van der Waals surface area (Å²) >= 11 is 14.6. The van der Waals surface area contributed by atoms with E-state index in [-0.39, 0.29) is 29.0 Å². The lowest BCUT2D eigenvalue weighted by Gasteiger charge is -2.48. The molecule has 0 unspecified atom stereocenters. The Kier molecular flexibility index (Phi) is 8.34. The van der Waals surface area contributed by atoms with Crippen molar-refractivity contribution in [1.82, 2.24) is 4.90 Å². The van der Waals surface area contributed by atoms with Crippen molar-refractivity contribution in [3.63, 3.8) is 0 Å². The highest BCUT2D eigenvalue weighted by Crippen LogP contribution is 2.54. The average molecular weight is 708 g/mol. The fourth-order valence-corrected chi connectivity index (χ4v) is 7.54. The van der Waals surface area contributed by atoms with E-state index < -0.39 is 5.92 Å². The van der Waals surface area contributed by atoms with Gasteiger partial charge in [0.15, 0.2) is 23.1 Å². The molecule has 3 aliphatic rings. The first-order valence-corrected chi connectivity index (χ1v) is 15.8. The maximum atomic E-state index is 13.9. The van der Waals surface area contributed by atoms with Crippen molar-refractivity contribution in [3.8, 4) is 11.5 Å². The molecule has 0 N–H and O–H groups in total. The van der Waals surface area contributed by atoms with Crippen molar-refractivity contribution in [3.05, 3.63) is 77.6 Å². The van der Waals surface area contributed by atoms with Gasteiger partial charge in [0, 0.05) is 48.3 Å². The number of halogens is 3. The van der Waals surface area contributed by atoms with Crippen LogP contribution in [0.25, 0.3) is 0 Å². The summed E-state index contributed by atoms with van der Waals surface area (Å²) in [5.74, 6) is 1.01. The van der Waals surface area contributed by atoms with Crippen molar-refractivity contribution in [1.29, 1.82) is 0 Å². The van der Waals surface area contributed by atoms with E-state index in [0.29, 0.717) is 41.0 Å². The second kappa shape index (κ2) is 11.2. The summed E-state index contributed by atoms with van der Waals surface area (Å²) in [6.07, 6.45) is 2.48. The van der Waals surface area contributed by atoms with E-state index >= 15 is 0 Å². The predicted octanol–water partition coefficient (Wildman–Crippen LogP) is 8.89. The molecule has 0 saturated carbocycles. The minimum Gasteiger partial charge on any atom is -0.490 e. The van der Waals surface area contributed by atoms with Crippen LogP contribution in [0.4, 0.5) is 0 Å². The van der Waals surface area contributed by atoms with Gasteiger partial charge in [-0.05, 0) is 88.6 Å². The molecular weight excluding hydrogens is 672 g/mol. The highest BCUT2D eigenvalue weighted by Gasteiger charge is 2.48. The number of hydrogen-bond acceptors (Lipinski definition) is 5. The third-order valence-electron chi connectivity index (χ3n) is 8.21. The Morgan fingerprint density at radius 1 is 0.878 bits per heavy atom. The van der Waals surface area contributed by atoms with Crippen LogP contribution in [0.5, 0.6) is 11.5 Å². The number of rotatable bonds is 6. The molecule has 8 heteroatoms. The second-order valence-electron chi connectivity index (χ2n) is 12.9. The molecule has 0 bridgehead atoms. The molecule has 1 aliphatic heterocycles. The van der Waals surface area contributed by atoms with Gasteiger partial charge in [0.25, 0.3) is 0 Å². The van der Waals surface area contributed by atoms with Crippen LogP contribution in [0.1, 0.15) is 77.3 Å². The van der Waals surface area contributed by atoms with Crippen molar-refractivity contribution < 1.29 is 19.1 Å². The fraction of sp³-hybridized carbons (Fsp3) is 0.455. The number of allylic oxidation sites excluding steroid dienone is 4. The van der Waals surface area contributed by atoms with Gasteiger partial charge in [-0.15, -0.1) is 0 Å². The number of carbonyl (C=O) groups excluding carboxylic acids is 2. The number of ether oxygens (including phenoxy) is 2. The Bertz CT molecular complexity index is 1450. The standard InChI is InChI=1S/C33H36Cl2INO4/c1-7-40-27-12-19(11-22(36)31(27)41-17-18-8-9-20(34)21(35)10-18)28-29-23(13-32(2,3)15-25(29)38)37(6)24-14-33(4,5)16-26(39)30(24)28/h8-12,28H,7,13-17H2,1-6H3. The van der Waals surface area contributed by atoms with Gasteiger partial charge in [0.05, 0.1) is 20.2 Å². The number of hydrogen-bond donors (Lipinski definition) is 0. The van der Waals surface area contributed by atoms with Crippen LogP contribution in [0, 0.1) is 14.4 Å². The lowest BCUT2D eigenvalue weighted by atomic mass is 9.64. The molecule has 218 valence electrons. The first-order valence-electron chi connectivity index (χ1n) is 14.0. The topological polar surface area (TPSA) is 55.8 Å². The Hall–Kier alpha value is -2.03. The zero-order valence-electron chi connectivity index (χ0n) is 24.4. The van der Waals surface area contributed by atoms with Gasteiger partial charge >= 0.3 is 0 Å². The zero-order valence-corrected chi connectivity index (χ0v) is 28.1. The van der Waals surface area contributed by atoms with E-state index in [2.05, 4.69) is 55.2 Å². The molecule has 1 heterocycles.